The summed E-state index contributed by atoms with van der Waals surface area (Å²) in [5.41, 5.74) is 0. The average molecular weight is 243 g/mol. The molecule has 17 heavy (non-hydrogen) atoms. The van der Waals surface area contributed by atoms with E-state index in [2.05, 4.69) is 0 Å². The fraction of sp³-hybridized carbons (Fsp3) is 0.923. The van der Waals surface area contributed by atoms with Crippen molar-refractivity contribution in [3.8, 4) is 0 Å². The number of methoxy groups -OCH3 is 1. The Morgan fingerprint density at radius 1 is 1.24 bits per heavy atom. The Hall–Kier alpha value is -0.800. The lowest BCUT2D eigenvalue weighted by Crippen LogP contribution is -2.50. The van der Waals surface area contributed by atoms with E-state index in [1.165, 1.54) is 26.4 Å². The van der Waals surface area contributed by atoms with Gasteiger partial charge < -0.3 is 9.64 Å². The molecule has 0 unspecified atom stereocenters. The van der Waals surface area contributed by atoms with E-state index in [4.69, 9.17) is 4.74 Å². The summed E-state index contributed by atoms with van der Waals surface area (Å²) in [4.78, 5) is 13.5. The van der Waals surface area contributed by atoms with E-state index in [1.807, 2.05) is 0 Å². The molecular formula is C13H22FNO2. The van der Waals surface area contributed by atoms with Crippen LogP contribution in [0.1, 0.15) is 44.9 Å². The van der Waals surface area contributed by atoms with Crippen molar-refractivity contribution in [2.45, 2.75) is 57.2 Å². The van der Waals surface area contributed by atoms with Gasteiger partial charge in [-0.25, -0.2) is 9.18 Å². The molecule has 1 saturated carbocycles. The van der Waals surface area contributed by atoms with Crippen LogP contribution in [0, 0.1) is 5.92 Å². The second kappa shape index (κ2) is 5.69. The Morgan fingerprint density at radius 2 is 1.94 bits per heavy atom. The third-order valence-corrected chi connectivity index (χ3v) is 4.18. The van der Waals surface area contributed by atoms with Crippen LogP contribution in [0.25, 0.3) is 0 Å². The van der Waals surface area contributed by atoms with Crippen molar-refractivity contribution < 1.29 is 13.9 Å². The normalized spacial score (nSPS) is 31.3. The Labute approximate surface area is 102 Å². The molecule has 0 spiro atoms. The number of piperidine rings is 1. The van der Waals surface area contributed by atoms with Crippen molar-refractivity contribution in [2.24, 2.45) is 5.92 Å². The van der Waals surface area contributed by atoms with E-state index < -0.39 is 6.17 Å². The first-order valence-electron chi connectivity index (χ1n) is 6.71. The lowest BCUT2D eigenvalue weighted by atomic mass is 9.79. The first-order valence-corrected chi connectivity index (χ1v) is 6.71. The van der Waals surface area contributed by atoms with Crippen molar-refractivity contribution in [1.82, 2.24) is 4.90 Å². The summed E-state index contributed by atoms with van der Waals surface area (Å²) in [6, 6.07) is 0.0616. The van der Waals surface area contributed by atoms with Crippen LogP contribution < -0.4 is 0 Å². The van der Waals surface area contributed by atoms with Crippen LogP contribution in [0.4, 0.5) is 9.18 Å². The van der Waals surface area contributed by atoms with E-state index in [0.29, 0.717) is 25.3 Å². The number of alkyl halides is 1. The summed E-state index contributed by atoms with van der Waals surface area (Å²) in [6.45, 7) is 0.509. The standard InChI is InChI=1S/C13H22FNO2/c1-17-13(16)15-8-7-11(14)9-12(15)10-5-3-2-4-6-10/h10-12H,2-9H2,1H3/t11-,12-/m1/s1. The monoisotopic (exact) mass is 243 g/mol. The molecule has 1 heterocycles. The molecule has 1 aliphatic carbocycles. The highest BCUT2D eigenvalue weighted by Gasteiger charge is 2.37. The number of likely N-dealkylation sites (tertiary alicyclic amines) is 1. The fourth-order valence-electron chi connectivity index (χ4n) is 3.26. The maximum atomic E-state index is 13.6. The van der Waals surface area contributed by atoms with E-state index >= 15 is 0 Å². The minimum atomic E-state index is -0.747. The number of ether oxygens (including phenoxy) is 1. The number of carbonyl (C=O) groups is 1. The predicted octanol–water partition coefficient (Wildman–Crippen LogP) is 3.14. The molecule has 0 bridgehead atoms. The predicted molar refractivity (Wildman–Crippen MR) is 63.6 cm³/mol. The van der Waals surface area contributed by atoms with Crippen LogP contribution >= 0.6 is 0 Å². The average Bonchev–Trinajstić information content (AvgIpc) is 2.39. The number of hydrogen-bond donors (Lipinski definition) is 0. The number of carbonyl (C=O) groups excluding carboxylic acids is 1. The van der Waals surface area contributed by atoms with Gasteiger partial charge in [0, 0.05) is 12.6 Å². The SMILES string of the molecule is COC(=O)N1CC[C@@H](F)C[C@@H]1C1CCCCC1. The summed E-state index contributed by atoms with van der Waals surface area (Å²) in [7, 11) is 1.40. The molecule has 0 N–H and O–H groups in total. The molecule has 2 fully saturated rings. The largest absolute Gasteiger partial charge is 0.453 e. The number of hydrogen-bond acceptors (Lipinski definition) is 2. The van der Waals surface area contributed by atoms with E-state index in [0.717, 1.165) is 12.8 Å². The van der Waals surface area contributed by atoms with Crippen LogP contribution in [0.15, 0.2) is 0 Å². The number of halogens is 1. The van der Waals surface area contributed by atoms with Crippen molar-refractivity contribution in [3.63, 3.8) is 0 Å². The summed E-state index contributed by atoms with van der Waals surface area (Å²) < 4.78 is 18.4. The second-order valence-corrected chi connectivity index (χ2v) is 5.25. The van der Waals surface area contributed by atoms with E-state index in [-0.39, 0.29) is 12.1 Å². The summed E-state index contributed by atoms with van der Waals surface area (Å²) in [6.07, 6.45) is 5.89. The fourth-order valence-corrected chi connectivity index (χ4v) is 3.26. The van der Waals surface area contributed by atoms with Gasteiger partial charge in [-0.2, -0.15) is 0 Å². The topological polar surface area (TPSA) is 29.5 Å². The molecule has 0 aromatic rings. The quantitative estimate of drug-likeness (QED) is 0.708. The Kier molecular flexibility index (Phi) is 4.24. The van der Waals surface area contributed by atoms with Gasteiger partial charge >= 0.3 is 6.09 Å². The van der Waals surface area contributed by atoms with Gasteiger partial charge in [0.1, 0.15) is 6.17 Å². The number of amides is 1. The molecule has 4 heteroatoms. The molecule has 2 rings (SSSR count). The summed E-state index contributed by atoms with van der Waals surface area (Å²) in [5, 5.41) is 0. The molecule has 2 aliphatic rings. The lowest BCUT2D eigenvalue weighted by molar-refractivity contribution is 0.0356. The molecule has 2 atom stereocenters. The molecule has 1 amide bonds. The van der Waals surface area contributed by atoms with Crippen molar-refractivity contribution in [2.75, 3.05) is 13.7 Å². The van der Waals surface area contributed by atoms with Crippen LogP contribution in [-0.2, 0) is 4.74 Å². The molecule has 0 aromatic carbocycles. The van der Waals surface area contributed by atoms with Crippen molar-refractivity contribution in [1.29, 1.82) is 0 Å². The molecule has 1 aliphatic heterocycles. The van der Waals surface area contributed by atoms with Gasteiger partial charge in [-0.1, -0.05) is 19.3 Å². The first kappa shape index (κ1) is 12.7. The molecule has 3 nitrogen and oxygen atoms in total. The van der Waals surface area contributed by atoms with Gasteiger partial charge in [-0.05, 0) is 31.6 Å². The Bertz CT molecular complexity index is 266. The van der Waals surface area contributed by atoms with Gasteiger partial charge in [-0.3, -0.25) is 0 Å². The van der Waals surface area contributed by atoms with Gasteiger partial charge in [0.05, 0.1) is 7.11 Å². The minimum Gasteiger partial charge on any atom is -0.453 e. The number of nitrogens with zero attached hydrogens (tertiary/aromatic N) is 1. The van der Waals surface area contributed by atoms with E-state index in [9.17, 15) is 9.18 Å². The van der Waals surface area contributed by atoms with Gasteiger partial charge in [0.25, 0.3) is 0 Å². The zero-order valence-electron chi connectivity index (χ0n) is 10.5. The van der Waals surface area contributed by atoms with Crippen LogP contribution in [0.2, 0.25) is 0 Å². The second-order valence-electron chi connectivity index (χ2n) is 5.25. The van der Waals surface area contributed by atoms with Gasteiger partial charge in [-0.15, -0.1) is 0 Å². The molecule has 0 radical (unpaired) electrons. The van der Waals surface area contributed by atoms with Crippen LogP contribution in [0.5, 0.6) is 0 Å². The Balaban J connectivity index is 2.04. The maximum Gasteiger partial charge on any atom is 0.409 e. The third kappa shape index (κ3) is 2.90. The minimum absolute atomic E-state index is 0.0616. The smallest absolute Gasteiger partial charge is 0.409 e. The molecule has 98 valence electrons. The van der Waals surface area contributed by atoms with E-state index in [1.54, 1.807) is 4.90 Å². The highest BCUT2D eigenvalue weighted by molar-refractivity contribution is 5.68. The number of rotatable bonds is 1. The van der Waals surface area contributed by atoms with Crippen LogP contribution in [0.3, 0.4) is 0 Å². The van der Waals surface area contributed by atoms with Gasteiger partial charge in [0.2, 0.25) is 0 Å². The Morgan fingerprint density at radius 3 is 2.59 bits per heavy atom. The molecular weight excluding hydrogens is 221 g/mol. The van der Waals surface area contributed by atoms with Gasteiger partial charge in [0.15, 0.2) is 0 Å². The highest BCUT2D eigenvalue weighted by atomic mass is 19.1. The first-order chi connectivity index (χ1) is 8.22. The zero-order valence-corrected chi connectivity index (χ0v) is 10.5. The summed E-state index contributed by atoms with van der Waals surface area (Å²) >= 11 is 0. The third-order valence-electron chi connectivity index (χ3n) is 4.18. The van der Waals surface area contributed by atoms with Crippen LogP contribution in [-0.4, -0.2) is 36.9 Å². The zero-order chi connectivity index (χ0) is 12.3. The van der Waals surface area contributed by atoms with Crippen molar-refractivity contribution >= 4 is 6.09 Å². The van der Waals surface area contributed by atoms with Crippen molar-refractivity contribution in [3.05, 3.63) is 0 Å². The molecule has 1 saturated heterocycles. The summed E-state index contributed by atoms with van der Waals surface area (Å²) in [5.74, 6) is 0.474. The highest BCUT2D eigenvalue weighted by Crippen LogP contribution is 2.34. The molecule has 0 aromatic heterocycles. The maximum absolute atomic E-state index is 13.6. The lowest BCUT2D eigenvalue weighted by Gasteiger charge is -2.41.